The molecule has 0 radical (unpaired) electrons. The number of hydrogen-bond donors (Lipinski definition) is 1. The Morgan fingerprint density at radius 3 is 2.60 bits per heavy atom. The predicted molar refractivity (Wildman–Crippen MR) is 68.6 cm³/mol. The third kappa shape index (κ3) is 2.85. The van der Waals surface area contributed by atoms with E-state index in [9.17, 15) is 13.6 Å². The molecule has 20 heavy (non-hydrogen) atoms. The minimum Gasteiger partial charge on any atom is -0.465 e. The fourth-order valence-corrected chi connectivity index (χ4v) is 1.55. The van der Waals surface area contributed by atoms with Gasteiger partial charge in [-0.25, -0.2) is 13.6 Å². The van der Waals surface area contributed by atoms with E-state index in [1.807, 2.05) is 0 Å². The number of hydrogen-bond acceptors (Lipinski definition) is 4. The SMILES string of the molecule is COC(=O)c1cccc(Oc2cc(N)c(F)cc2F)c1. The zero-order chi connectivity index (χ0) is 14.7. The summed E-state index contributed by atoms with van der Waals surface area (Å²) in [6.45, 7) is 0. The molecule has 0 saturated heterocycles. The van der Waals surface area contributed by atoms with Crippen LogP contribution in [0.2, 0.25) is 0 Å². The maximum Gasteiger partial charge on any atom is 0.337 e. The number of nitrogens with two attached hydrogens (primary N) is 1. The van der Waals surface area contributed by atoms with Crippen molar-refractivity contribution < 1.29 is 23.0 Å². The van der Waals surface area contributed by atoms with Crippen LogP contribution in [-0.2, 0) is 4.74 Å². The van der Waals surface area contributed by atoms with Crippen molar-refractivity contribution in [3.8, 4) is 11.5 Å². The van der Waals surface area contributed by atoms with Gasteiger partial charge in [-0.15, -0.1) is 0 Å². The van der Waals surface area contributed by atoms with Crippen LogP contribution in [0.5, 0.6) is 11.5 Å². The number of anilines is 1. The maximum absolute atomic E-state index is 13.5. The van der Waals surface area contributed by atoms with Crippen LogP contribution in [0.1, 0.15) is 10.4 Å². The Balaban J connectivity index is 2.31. The average Bonchev–Trinajstić information content (AvgIpc) is 2.44. The van der Waals surface area contributed by atoms with Gasteiger partial charge in [0.1, 0.15) is 11.6 Å². The molecule has 0 aliphatic rings. The molecule has 0 saturated carbocycles. The number of benzene rings is 2. The van der Waals surface area contributed by atoms with E-state index in [2.05, 4.69) is 4.74 Å². The summed E-state index contributed by atoms with van der Waals surface area (Å²) in [6.07, 6.45) is 0. The fourth-order valence-electron chi connectivity index (χ4n) is 1.55. The third-order valence-electron chi connectivity index (χ3n) is 2.53. The van der Waals surface area contributed by atoms with E-state index in [0.717, 1.165) is 6.07 Å². The molecule has 2 aromatic carbocycles. The van der Waals surface area contributed by atoms with Gasteiger partial charge in [-0.3, -0.25) is 0 Å². The minimum absolute atomic E-state index is 0.206. The number of halogens is 2. The molecule has 6 heteroatoms. The van der Waals surface area contributed by atoms with Crippen molar-refractivity contribution >= 4 is 11.7 Å². The Morgan fingerprint density at radius 2 is 1.90 bits per heavy atom. The van der Waals surface area contributed by atoms with Crippen LogP contribution < -0.4 is 10.5 Å². The van der Waals surface area contributed by atoms with Gasteiger partial charge < -0.3 is 15.2 Å². The van der Waals surface area contributed by atoms with Gasteiger partial charge in [0.05, 0.1) is 18.4 Å². The summed E-state index contributed by atoms with van der Waals surface area (Å²) in [6, 6.07) is 7.64. The van der Waals surface area contributed by atoms with Crippen LogP contribution in [0.25, 0.3) is 0 Å². The van der Waals surface area contributed by atoms with Crippen molar-refractivity contribution in [3.05, 3.63) is 53.6 Å². The van der Waals surface area contributed by atoms with Crippen molar-refractivity contribution in [3.63, 3.8) is 0 Å². The van der Waals surface area contributed by atoms with E-state index in [-0.39, 0.29) is 22.7 Å². The molecule has 0 amide bonds. The Bertz CT molecular complexity index is 659. The van der Waals surface area contributed by atoms with Gasteiger partial charge in [0.15, 0.2) is 11.6 Å². The largest absolute Gasteiger partial charge is 0.465 e. The number of carbonyl (C=O) groups excluding carboxylic acids is 1. The summed E-state index contributed by atoms with van der Waals surface area (Å²) >= 11 is 0. The van der Waals surface area contributed by atoms with Crippen LogP contribution in [0.4, 0.5) is 14.5 Å². The number of nitrogen functional groups attached to an aromatic ring is 1. The highest BCUT2D eigenvalue weighted by atomic mass is 19.1. The zero-order valence-electron chi connectivity index (χ0n) is 10.5. The van der Waals surface area contributed by atoms with E-state index in [0.29, 0.717) is 6.07 Å². The first kappa shape index (κ1) is 13.8. The summed E-state index contributed by atoms with van der Waals surface area (Å²) in [5.41, 5.74) is 5.37. The van der Waals surface area contributed by atoms with E-state index in [1.165, 1.54) is 25.3 Å². The van der Waals surface area contributed by atoms with Gasteiger partial charge in [-0.1, -0.05) is 6.07 Å². The summed E-state index contributed by atoms with van der Waals surface area (Å²) in [5.74, 6) is -2.32. The minimum atomic E-state index is -0.889. The Kier molecular flexibility index (Phi) is 3.84. The smallest absolute Gasteiger partial charge is 0.337 e. The fraction of sp³-hybridized carbons (Fsp3) is 0.0714. The van der Waals surface area contributed by atoms with E-state index in [1.54, 1.807) is 6.07 Å². The lowest BCUT2D eigenvalue weighted by atomic mass is 10.2. The van der Waals surface area contributed by atoms with Crippen molar-refractivity contribution in [2.75, 3.05) is 12.8 Å². The molecule has 0 aliphatic heterocycles. The highest BCUT2D eigenvalue weighted by Crippen LogP contribution is 2.28. The number of ether oxygens (including phenoxy) is 2. The number of methoxy groups -OCH3 is 1. The molecule has 0 spiro atoms. The van der Waals surface area contributed by atoms with E-state index in [4.69, 9.17) is 10.5 Å². The monoisotopic (exact) mass is 279 g/mol. The molecular formula is C14H11F2NO3. The Morgan fingerprint density at radius 1 is 1.15 bits per heavy atom. The van der Waals surface area contributed by atoms with E-state index >= 15 is 0 Å². The molecule has 2 N–H and O–H groups in total. The molecule has 0 heterocycles. The van der Waals surface area contributed by atoms with Gasteiger partial charge in [-0.05, 0) is 18.2 Å². The van der Waals surface area contributed by atoms with Crippen molar-refractivity contribution in [1.82, 2.24) is 0 Å². The van der Waals surface area contributed by atoms with E-state index < -0.39 is 17.6 Å². The second-order valence-electron chi connectivity index (χ2n) is 3.93. The molecule has 104 valence electrons. The summed E-state index contributed by atoms with van der Waals surface area (Å²) in [5, 5.41) is 0. The lowest BCUT2D eigenvalue weighted by molar-refractivity contribution is 0.0600. The zero-order valence-corrected chi connectivity index (χ0v) is 10.5. The maximum atomic E-state index is 13.5. The molecule has 0 aliphatic carbocycles. The van der Waals surface area contributed by atoms with Gasteiger partial charge in [0, 0.05) is 12.1 Å². The first-order valence-corrected chi connectivity index (χ1v) is 5.62. The first-order chi connectivity index (χ1) is 9.51. The van der Waals surface area contributed by atoms with Crippen LogP contribution >= 0.6 is 0 Å². The second-order valence-corrected chi connectivity index (χ2v) is 3.93. The molecule has 0 fully saturated rings. The van der Waals surface area contributed by atoms with Gasteiger partial charge >= 0.3 is 5.97 Å². The second kappa shape index (κ2) is 5.56. The number of carbonyl (C=O) groups is 1. The predicted octanol–water partition coefficient (Wildman–Crippen LogP) is 3.13. The summed E-state index contributed by atoms with van der Waals surface area (Å²) < 4.78 is 36.4. The van der Waals surface area contributed by atoms with Crippen molar-refractivity contribution in [1.29, 1.82) is 0 Å². The number of rotatable bonds is 3. The molecule has 0 aromatic heterocycles. The van der Waals surface area contributed by atoms with Crippen LogP contribution in [0, 0.1) is 11.6 Å². The summed E-state index contributed by atoms with van der Waals surface area (Å²) in [4.78, 5) is 11.4. The third-order valence-corrected chi connectivity index (χ3v) is 2.53. The highest BCUT2D eigenvalue weighted by Gasteiger charge is 2.11. The number of esters is 1. The average molecular weight is 279 g/mol. The highest BCUT2D eigenvalue weighted by molar-refractivity contribution is 5.89. The molecule has 2 rings (SSSR count). The van der Waals surface area contributed by atoms with Crippen molar-refractivity contribution in [2.24, 2.45) is 0 Å². The standard InChI is InChI=1S/C14H11F2NO3/c1-19-14(18)8-3-2-4-9(5-8)20-13-7-12(17)10(15)6-11(13)16/h2-7H,17H2,1H3. The molecule has 2 aromatic rings. The molecule has 4 nitrogen and oxygen atoms in total. The Hall–Kier alpha value is -2.63. The molecular weight excluding hydrogens is 268 g/mol. The van der Waals surface area contributed by atoms with Crippen LogP contribution in [0.3, 0.4) is 0 Å². The Labute approximate surface area is 113 Å². The lowest BCUT2D eigenvalue weighted by Gasteiger charge is -2.09. The lowest BCUT2D eigenvalue weighted by Crippen LogP contribution is -2.01. The van der Waals surface area contributed by atoms with Gasteiger partial charge in [0.2, 0.25) is 0 Å². The molecule has 0 bridgehead atoms. The molecule has 0 unspecified atom stereocenters. The van der Waals surface area contributed by atoms with Crippen molar-refractivity contribution in [2.45, 2.75) is 0 Å². The van der Waals surface area contributed by atoms with Crippen LogP contribution in [-0.4, -0.2) is 13.1 Å². The normalized spacial score (nSPS) is 10.2. The van der Waals surface area contributed by atoms with Gasteiger partial charge in [-0.2, -0.15) is 0 Å². The molecule has 0 atom stereocenters. The first-order valence-electron chi connectivity index (χ1n) is 5.62. The van der Waals surface area contributed by atoms with Crippen LogP contribution in [0.15, 0.2) is 36.4 Å². The van der Waals surface area contributed by atoms with Gasteiger partial charge in [0.25, 0.3) is 0 Å². The summed E-state index contributed by atoms with van der Waals surface area (Å²) in [7, 11) is 1.25. The topological polar surface area (TPSA) is 61.5 Å². The quantitative estimate of drug-likeness (QED) is 0.692.